The zero-order chi connectivity index (χ0) is 16.4. The molecule has 1 aromatic carbocycles. The molecule has 0 aromatic heterocycles. The van der Waals surface area contributed by atoms with Crippen LogP contribution in [0.3, 0.4) is 0 Å². The molecule has 0 unspecified atom stereocenters. The SMILES string of the molecule is COC(=O)c1c(O[Si](C)(C)C(C)(C)C)ccc(OC)c1C. The number of hydrogen-bond donors (Lipinski definition) is 0. The van der Waals surface area contributed by atoms with E-state index in [1.807, 2.05) is 13.0 Å². The van der Waals surface area contributed by atoms with Crippen LogP contribution >= 0.6 is 0 Å². The highest BCUT2D eigenvalue weighted by Gasteiger charge is 2.40. The summed E-state index contributed by atoms with van der Waals surface area (Å²) >= 11 is 0. The molecule has 0 saturated heterocycles. The molecular weight excluding hydrogens is 284 g/mol. The van der Waals surface area contributed by atoms with Crippen molar-refractivity contribution in [1.29, 1.82) is 0 Å². The quantitative estimate of drug-likeness (QED) is 0.618. The third kappa shape index (κ3) is 3.58. The molecule has 0 fully saturated rings. The van der Waals surface area contributed by atoms with Crippen LogP contribution in [-0.4, -0.2) is 28.5 Å². The molecular formula is C16H26O4Si. The lowest BCUT2D eigenvalue weighted by Gasteiger charge is -2.37. The number of hydrogen-bond acceptors (Lipinski definition) is 4. The molecule has 0 bridgehead atoms. The number of carbonyl (C=O) groups is 1. The summed E-state index contributed by atoms with van der Waals surface area (Å²) in [7, 11) is 0.919. The van der Waals surface area contributed by atoms with E-state index < -0.39 is 14.3 Å². The minimum atomic E-state index is -2.03. The number of rotatable bonds is 4. The number of ether oxygens (including phenoxy) is 2. The van der Waals surface area contributed by atoms with Gasteiger partial charge in [-0.1, -0.05) is 20.8 Å². The third-order valence-electron chi connectivity index (χ3n) is 4.16. The van der Waals surface area contributed by atoms with E-state index in [2.05, 4.69) is 33.9 Å². The van der Waals surface area contributed by atoms with Crippen LogP contribution in [0.5, 0.6) is 11.5 Å². The van der Waals surface area contributed by atoms with Crippen LogP contribution in [0.2, 0.25) is 18.1 Å². The van der Waals surface area contributed by atoms with Crippen LogP contribution in [0.25, 0.3) is 0 Å². The maximum Gasteiger partial charge on any atom is 0.342 e. The predicted molar refractivity (Wildman–Crippen MR) is 86.9 cm³/mol. The Kier molecular flexibility index (Phi) is 5.10. The van der Waals surface area contributed by atoms with Crippen LogP contribution in [0.4, 0.5) is 0 Å². The van der Waals surface area contributed by atoms with Gasteiger partial charge in [-0.05, 0) is 37.2 Å². The van der Waals surface area contributed by atoms with E-state index in [1.165, 1.54) is 7.11 Å². The molecule has 0 aliphatic heterocycles. The summed E-state index contributed by atoms with van der Waals surface area (Å²) < 4.78 is 16.5. The second-order valence-electron chi connectivity index (χ2n) is 6.62. The second-order valence-corrected chi connectivity index (χ2v) is 11.3. The lowest BCUT2D eigenvalue weighted by Crippen LogP contribution is -2.44. The van der Waals surface area contributed by atoms with Crippen LogP contribution in [0, 0.1) is 6.92 Å². The first-order chi connectivity index (χ1) is 9.55. The Morgan fingerprint density at radius 1 is 1.10 bits per heavy atom. The largest absolute Gasteiger partial charge is 0.543 e. The summed E-state index contributed by atoms with van der Waals surface area (Å²) in [6.07, 6.45) is 0. The van der Waals surface area contributed by atoms with Crippen molar-refractivity contribution in [2.75, 3.05) is 14.2 Å². The van der Waals surface area contributed by atoms with Gasteiger partial charge in [-0.15, -0.1) is 0 Å². The molecule has 0 aliphatic rings. The maximum atomic E-state index is 12.1. The molecule has 0 aliphatic carbocycles. The molecule has 118 valence electrons. The molecule has 0 spiro atoms. The minimum absolute atomic E-state index is 0.0498. The van der Waals surface area contributed by atoms with Gasteiger partial charge in [0.05, 0.1) is 14.2 Å². The lowest BCUT2D eigenvalue weighted by molar-refractivity contribution is 0.0597. The highest BCUT2D eigenvalue weighted by atomic mass is 28.4. The molecule has 0 N–H and O–H groups in total. The lowest BCUT2D eigenvalue weighted by atomic mass is 10.1. The Hall–Kier alpha value is -1.49. The Balaban J connectivity index is 3.37. The molecule has 21 heavy (non-hydrogen) atoms. The molecule has 0 atom stereocenters. The first-order valence-corrected chi connectivity index (χ1v) is 9.91. The van der Waals surface area contributed by atoms with E-state index >= 15 is 0 Å². The van der Waals surface area contributed by atoms with Crippen LogP contribution in [0.1, 0.15) is 36.7 Å². The van der Waals surface area contributed by atoms with Crippen molar-refractivity contribution >= 4 is 14.3 Å². The van der Waals surface area contributed by atoms with E-state index in [1.54, 1.807) is 13.2 Å². The standard InChI is InChI=1S/C16H26O4Si/c1-11-12(18-5)9-10-13(14(11)15(17)19-6)20-21(7,8)16(2,3)4/h9-10H,1-8H3. The van der Waals surface area contributed by atoms with Crippen molar-refractivity contribution in [1.82, 2.24) is 0 Å². The smallest absolute Gasteiger partial charge is 0.342 e. The zero-order valence-electron chi connectivity index (χ0n) is 14.3. The Labute approximate surface area is 128 Å². The molecule has 5 heteroatoms. The van der Waals surface area contributed by atoms with Crippen LogP contribution in [-0.2, 0) is 4.74 Å². The van der Waals surface area contributed by atoms with Gasteiger partial charge in [-0.25, -0.2) is 4.79 Å². The fourth-order valence-corrected chi connectivity index (χ4v) is 2.78. The molecule has 1 aromatic rings. The second kappa shape index (κ2) is 6.09. The molecule has 0 saturated carbocycles. The minimum Gasteiger partial charge on any atom is -0.543 e. The monoisotopic (exact) mass is 310 g/mol. The van der Waals surface area contributed by atoms with Gasteiger partial charge in [0.25, 0.3) is 8.32 Å². The fraction of sp³-hybridized carbons (Fsp3) is 0.562. The maximum absolute atomic E-state index is 12.1. The number of esters is 1. The average molecular weight is 310 g/mol. The topological polar surface area (TPSA) is 44.8 Å². The number of methoxy groups -OCH3 is 2. The molecule has 4 nitrogen and oxygen atoms in total. The summed E-state index contributed by atoms with van der Waals surface area (Å²) in [5.74, 6) is 0.824. The van der Waals surface area contributed by atoms with Gasteiger partial charge in [0, 0.05) is 5.56 Å². The first-order valence-electron chi connectivity index (χ1n) is 7.00. The van der Waals surface area contributed by atoms with Crippen molar-refractivity contribution in [2.24, 2.45) is 0 Å². The predicted octanol–water partition coefficient (Wildman–Crippen LogP) is 4.17. The van der Waals surface area contributed by atoms with E-state index in [-0.39, 0.29) is 5.04 Å². The molecule has 0 heterocycles. The highest BCUT2D eigenvalue weighted by Crippen LogP contribution is 2.40. The van der Waals surface area contributed by atoms with Crippen molar-refractivity contribution in [3.05, 3.63) is 23.3 Å². The molecule has 0 radical (unpaired) electrons. The average Bonchev–Trinajstić information content (AvgIpc) is 2.36. The first kappa shape index (κ1) is 17.6. The van der Waals surface area contributed by atoms with Crippen LogP contribution < -0.4 is 9.16 Å². The summed E-state index contributed by atoms with van der Waals surface area (Å²) in [5.41, 5.74) is 1.18. The fourth-order valence-electron chi connectivity index (χ4n) is 1.76. The zero-order valence-corrected chi connectivity index (χ0v) is 15.3. The molecule has 1 rings (SSSR count). The highest BCUT2D eigenvalue weighted by molar-refractivity contribution is 6.74. The van der Waals surface area contributed by atoms with Crippen molar-refractivity contribution in [3.8, 4) is 11.5 Å². The Morgan fingerprint density at radius 2 is 1.62 bits per heavy atom. The van der Waals surface area contributed by atoms with Crippen molar-refractivity contribution < 1.29 is 18.7 Å². The summed E-state index contributed by atoms with van der Waals surface area (Å²) in [5, 5.41) is 0.0498. The van der Waals surface area contributed by atoms with Gasteiger partial charge in [-0.2, -0.15) is 0 Å². The Bertz CT molecular complexity index is 530. The summed E-state index contributed by atoms with van der Waals surface area (Å²) in [6, 6.07) is 3.61. The van der Waals surface area contributed by atoms with Gasteiger partial charge < -0.3 is 13.9 Å². The molecule has 0 amide bonds. The van der Waals surface area contributed by atoms with E-state index in [0.717, 1.165) is 5.56 Å². The van der Waals surface area contributed by atoms with Gasteiger partial charge in [-0.3, -0.25) is 0 Å². The van der Waals surface area contributed by atoms with Crippen LogP contribution in [0.15, 0.2) is 12.1 Å². The summed E-state index contributed by atoms with van der Waals surface area (Å²) in [4.78, 5) is 12.1. The number of carbonyl (C=O) groups excluding carboxylic acids is 1. The van der Waals surface area contributed by atoms with E-state index in [4.69, 9.17) is 13.9 Å². The van der Waals surface area contributed by atoms with Crippen molar-refractivity contribution in [2.45, 2.75) is 45.8 Å². The number of benzene rings is 1. The van der Waals surface area contributed by atoms with E-state index in [9.17, 15) is 4.79 Å². The summed E-state index contributed by atoms with van der Waals surface area (Å²) in [6.45, 7) is 12.6. The van der Waals surface area contributed by atoms with E-state index in [0.29, 0.717) is 17.1 Å². The Morgan fingerprint density at radius 3 is 2.05 bits per heavy atom. The van der Waals surface area contributed by atoms with Gasteiger partial charge in [0.2, 0.25) is 0 Å². The van der Waals surface area contributed by atoms with Gasteiger partial charge >= 0.3 is 5.97 Å². The van der Waals surface area contributed by atoms with Gasteiger partial charge in [0.1, 0.15) is 17.1 Å². The normalized spacial score (nSPS) is 12.0. The van der Waals surface area contributed by atoms with Gasteiger partial charge in [0.15, 0.2) is 0 Å². The van der Waals surface area contributed by atoms with Crippen molar-refractivity contribution in [3.63, 3.8) is 0 Å². The third-order valence-corrected chi connectivity index (χ3v) is 8.50.